The maximum atomic E-state index is 14.5. The van der Waals surface area contributed by atoms with Crippen LogP contribution in [0.25, 0.3) is 22.1 Å². The first-order valence-corrected chi connectivity index (χ1v) is 15.6. The first kappa shape index (κ1) is 30.1. The molecule has 4 aromatic heterocycles. The van der Waals surface area contributed by atoms with E-state index in [9.17, 15) is 14.7 Å². The summed E-state index contributed by atoms with van der Waals surface area (Å²) in [6.45, 7) is 6.12. The van der Waals surface area contributed by atoms with Crippen LogP contribution in [0.1, 0.15) is 57.5 Å². The molecule has 2 N–H and O–H groups in total. The summed E-state index contributed by atoms with van der Waals surface area (Å²) in [5.41, 5.74) is 4.99. The number of rotatable bonds is 7. The molecule has 1 aliphatic rings. The molecule has 1 amide bonds. The van der Waals surface area contributed by atoms with Crippen LogP contribution in [-0.4, -0.2) is 71.1 Å². The normalized spacial score (nSPS) is 14.1. The number of amides is 1. The van der Waals surface area contributed by atoms with Crippen molar-refractivity contribution in [1.82, 2.24) is 39.2 Å². The average molecular weight is 627 g/mol. The van der Waals surface area contributed by atoms with E-state index in [4.69, 9.17) is 0 Å². The minimum atomic E-state index is -0.543. The number of likely N-dealkylation sites (tertiary alicyclic amines) is 1. The number of hydrogen-bond acceptors (Lipinski definition) is 7. The zero-order valence-electron chi connectivity index (χ0n) is 26.4. The molecular weight excluding hydrogens is 592 g/mol. The molecule has 1 atom stereocenters. The molecule has 7 rings (SSSR count). The fourth-order valence-corrected chi connectivity index (χ4v) is 6.48. The third-order valence-corrected chi connectivity index (χ3v) is 8.75. The molecule has 0 radical (unpaired) electrons. The molecule has 1 aliphatic heterocycles. The van der Waals surface area contributed by atoms with E-state index in [1.165, 1.54) is 0 Å². The van der Waals surface area contributed by atoms with Gasteiger partial charge in [-0.1, -0.05) is 42.2 Å². The van der Waals surface area contributed by atoms with E-state index >= 15 is 0 Å². The van der Waals surface area contributed by atoms with E-state index in [1.807, 2.05) is 73.3 Å². The maximum Gasteiger partial charge on any atom is 0.264 e. The van der Waals surface area contributed by atoms with Crippen LogP contribution < -0.4 is 10.9 Å². The van der Waals surface area contributed by atoms with Crippen molar-refractivity contribution in [2.24, 2.45) is 7.05 Å². The lowest BCUT2D eigenvalue weighted by Crippen LogP contribution is -2.47. The Morgan fingerprint density at radius 2 is 1.87 bits per heavy atom. The van der Waals surface area contributed by atoms with Crippen molar-refractivity contribution in [2.45, 2.75) is 25.8 Å². The monoisotopic (exact) mass is 626 g/mol. The van der Waals surface area contributed by atoms with Crippen molar-refractivity contribution < 1.29 is 9.90 Å². The first-order chi connectivity index (χ1) is 22.8. The van der Waals surface area contributed by atoms with Gasteiger partial charge in [-0.25, -0.2) is 9.50 Å². The van der Waals surface area contributed by atoms with Crippen molar-refractivity contribution in [2.75, 3.05) is 26.2 Å². The Morgan fingerprint density at radius 1 is 1.09 bits per heavy atom. The summed E-state index contributed by atoms with van der Waals surface area (Å²) in [6.07, 6.45) is 5.15. The van der Waals surface area contributed by atoms with Crippen LogP contribution >= 0.6 is 0 Å². The molecule has 11 nitrogen and oxygen atoms in total. The van der Waals surface area contributed by atoms with Gasteiger partial charge in [-0.15, -0.1) is 0 Å². The van der Waals surface area contributed by atoms with Gasteiger partial charge in [0.25, 0.3) is 11.5 Å². The van der Waals surface area contributed by atoms with Gasteiger partial charge in [0.05, 0.1) is 41.2 Å². The van der Waals surface area contributed by atoms with E-state index in [2.05, 4.69) is 37.2 Å². The smallest absolute Gasteiger partial charge is 0.264 e. The Hall–Kier alpha value is -5.57. The van der Waals surface area contributed by atoms with E-state index < -0.39 is 6.04 Å². The predicted octanol–water partition coefficient (Wildman–Crippen LogP) is 3.36. The zero-order chi connectivity index (χ0) is 32.7. The molecule has 0 bridgehead atoms. The van der Waals surface area contributed by atoms with Gasteiger partial charge in [0, 0.05) is 61.9 Å². The summed E-state index contributed by atoms with van der Waals surface area (Å²) >= 11 is 0. The summed E-state index contributed by atoms with van der Waals surface area (Å²) < 4.78 is 5.10. The van der Waals surface area contributed by atoms with Crippen molar-refractivity contribution >= 4 is 22.3 Å². The summed E-state index contributed by atoms with van der Waals surface area (Å²) in [4.78, 5) is 34.7. The largest absolute Gasteiger partial charge is 0.395 e. The number of aryl methyl sites for hydroxylation is 2. The topological polar surface area (TPSA) is 123 Å². The van der Waals surface area contributed by atoms with Gasteiger partial charge in [-0.2, -0.15) is 10.2 Å². The predicted molar refractivity (Wildman–Crippen MR) is 179 cm³/mol. The van der Waals surface area contributed by atoms with E-state index in [0.29, 0.717) is 45.8 Å². The average Bonchev–Trinajstić information content (AvgIpc) is 3.59. The number of β-amino-alcohol motifs (C(OH)–C–C–N with tert-alkyl or cyclic N) is 1. The van der Waals surface area contributed by atoms with Gasteiger partial charge in [-0.3, -0.25) is 23.7 Å². The highest BCUT2D eigenvalue weighted by molar-refractivity contribution is 6.01. The van der Waals surface area contributed by atoms with Gasteiger partial charge >= 0.3 is 0 Å². The second-order valence-corrected chi connectivity index (χ2v) is 11.9. The second kappa shape index (κ2) is 12.3. The van der Waals surface area contributed by atoms with Crippen molar-refractivity contribution in [3.8, 4) is 17.5 Å². The van der Waals surface area contributed by atoms with Gasteiger partial charge in [0.15, 0.2) is 5.65 Å². The Bertz CT molecular complexity index is 2250. The van der Waals surface area contributed by atoms with Crippen molar-refractivity contribution in [3.05, 3.63) is 123 Å². The number of hydrogen-bond donors (Lipinski definition) is 2. The molecule has 11 heteroatoms. The molecule has 236 valence electrons. The summed E-state index contributed by atoms with van der Waals surface area (Å²) in [5.74, 6) is 6.54. The lowest BCUT2D eigenvalue weighted by Gasteiger charge is -2.39. The van der Waals surface area contributed by atoms with Crippen LogP contribution in [0.4, 0.5) is 0 Å². The molecular formula is C36H34N8O3. The Morgan fingerprint density at radius 3 is 2.66 bits per heavy atom. The van der Waals surface area contributed by atoms with E-state index in [-0.39, 0.29) is 24.0 Å². The van der Waals surface area contributed by atoms with E-state index in [0.717, 1.165) is 29.7 Å². The third-order valence-electron chi connectivity index (χ3n) is 8.75. The molecule has 5 heterocycles. The zero-order valence-corrected chi connectivity index (χ0v) is 26.4. The second-order valence-electron chi connectivity index (χ2n) is 11.9. The summed E-state index contributed by atoms with van der Waals surface area (Å²) in [5, 5.41) is 22.5. The lowest BCUT2D eigenvalue weighted by atomic mass is 9.93. The highest BCUT2D eigenvalue weighted by atomic mass is 16.3. The van der Waals surface area contributed by atoms with Crippen LogP contribution in [-0.2, 0) is 7.05 Å². The van der Waals surface area contributed by atoms with E-state index in [1.54, 1.807) is 40.7 Å². The number of fused-ring (bicyclic) bond motifs is 2. The van der Waals surface area contributed by atoms with Crippen LogP contribution in [0.3, 0.4) is 0 Å². The Labute approximate surface area is 271 Å². The molecule has 1 saturated heterocycles. The molecule has 0 aliphatic carbocycles. The number of nitrogens with zero attached hydrogens (tertiary/aromatic N) is 7. The van der Waals surface area contributed by atoms with Crippen molar-refractivity contribution in [1.29, 1.82) is 0 Å². The minimum absolute atomic E-state index is 0.137. The summed E-state index contributed by atoms with van der Waals surface area (Å²) in [7, 11) is 1.92. The van der Waals surface area contributed by atoms with Gasteiger partial charge in [0.2, 0.25) is 0 Å². The highest BCUT2D eigenvalue weighted by Crippen LogP contribution is 2.29. The number of para-hydroxylation sites is 1. The van der Waals surface area contributed by atoms with Gasteiger partial charge in [-0.05, 0) is 49.6 Å². The SMILES string of the molecule is Cc1nn2cccnc2c1C(=O)NC(C)c1cc2cccc(C#Cc3cnn(C)c3C3CN(CCO)C3)c2c(=O)n1-c1ccccc1. The van der Waals surface area contributed by atoms with Crippen LogP contribution in [0, 0.1) is 18.8 Å². The molecule has 1 fully saturated rings. The Balaban J connectivity index is 1.29. The molecule has 1 unspecified atom stereocenters. The first-order valence-electron chi connectivity index (χ1n) is 15.6. The number of carbonyl (C=O) groups is 1. The number of pyridine rings is 1. The van der Waals surface area contributed by atoms with Crippen LogP contribution in [0.2, 0.25) is 0 Å². The third kappa shape index (κ3) is 5.48. The minimum Gasteiger partial charge on any atom is -0.395 e. The fourth-order valence-electron chi connectivity index (χ4n) is 6.48. The number of aliphatic hydroxyl groups is 1. The van der Waals surface area contributed by atoms with Gasteiger partial charge < -0.3 is 10.4 Å². The maximum absolute atomic E-state index is 14.5. The number of benzene rings is 2. The molecule has 6 aromatic rings. The van der Waals surface area contributed by atoms with Crippen LogP contribution in [0.15, 0.2) is 84.0 Å². The highest BCUT2D eigenvalue weighted by Gasteiger charge is 2.31. The van der Waals surface area contributed by atoms with Gasteiger partial charge in [0.1, 0.15) is 5.56 Å². The van der Waals surface area contributed by atoms with Crippen molar-refractivity contribution in [3.63, 3.8) is 0 Å². The number of nitrogens with one attached hydrogen (secondary N) is 1. The number of aliphatic hydroxyl groups excluding tert-OH is 1. The lowest BCUT2D eigenvalue weighted by molar-refractivity contribution is 0.0939. The molecule has 0 spiro atoms. The summed E-state index contributed by atoms with van der Waals surface area (Å²) in [6, 6.07) is 18.2. The Kier molecular flexibility index (Phi) is 7.89. The number of aromatic nitrogens is 6. The standard InChI is InChI=1S/C36H34N8O3/c1-23(39-35(46)31-24(2)40-43-16-8-15-37-34(31)43)30-19-26-10-7-9-25(32(26)36(47)44(30)29-11-5-4-6-12-29)13-14-27-20-38-41(3)33(27)28-21-42(22-28)17-18-45/h4-12,15-16,19-20,23,28,45H,17-18,21-22H2,1-3H3,(H,39,46). The molecule has 2 aromatic carbocycles. The molecule has 47 heavy (non-hydrogen) atoms. The fraction of sp³-hybridized carbons (Fsp3) is 0.250. The quantitative estimate of drug-likeness (QED) is 0.261. The number of carbonyl (C=O) groups excluding carboxylic acids is 1. The molecule has 0 saturated carbocycles. The van der Waals surface area contributed by atoms with Crippen LogP contribution in [0.5, 0.6) is 0 Å².